The van der Waals surface area contributed by atoms with Gasteiger partial charge >= 0.3 is 0 Å². The molecule has 0 unspecified atom stereocenters. The lowest BCUT2D eigenvalue weighted by Gasteiger charge is -2.10. The lowest BCUT2D eigenvalue weighted by Crippen LogP contribution is -2.12. The maximum absolute atomic E-state index is 11.0. The summed E-state index contributed by atoms with van der Waals surface area (Å²) in [7, 11) is -2.94. The Hall–Kier alpha value is -1.56. The predicted octanol–water partition coefficient (Wildman–Crippen LogP) is 1.09. The first kappa shape index (κ1) is 14.5. The molecule has 100 valence electrons. The highest BCUT2D eigenvalue weighted by atomic mass is 32.2. The molecule has 0 fully saturated rings. The molecule has 0 amide bonds. The van der Waals surface area contributed by atoms with E-state index in [0.29, 0.717) is 24.3 Å². The predicted molar refractivity (Wildman–Crippen MR) is 72.0 cm³/mol. The zero-order chi connectivity index (χ0) is 13.8. The highest BCUT2D eigenvalue weighted by molar-refractivity contribution is 7.90. The van der Waals surface area contributed by atoms with E-state index in [4.69, 9.17) is 15.9 Å². The Morgan fingerprint density at radius 3 is 2.67 bits per heavy atom. The summed E-state index contributed by atoms with van der Waals surface area (Å²) in [6, 6.07) is 5.27. The fourth-order valence-corrected chi connectivity index (χ4v) is 2.07. The van der Waals surface area contributed by atoms with E-state index in [-0.39, 0.29) is 11.6 Å². The molecule has 18 heavy (non-hydrogen) atoms. The monoisotopic (exact) mass is 270 g/mol. The van der Waals surface area contributed by atoms with E-state index in [1.807, 2.05) is 13.0 Å². The molecule has 0 saturated heterocycles. The van der Waals surface area contributed by atoms with Crippen LogP contribution in [0.25, 0.3) is 0 Å². The van der Waals surface area contributed by atoms with Crippen molar-refractivity contribution in [1.82, 2.24) is 0 Å². The third kappa shape index (κ3) is 4.75. The molecule has 0 spiro atoms. The first-order valence-electron chi connectivity index (χ1n) is 5.55. The molecule has 0 radical (unpaired) electrons. The van der Waals surface area contributed by atoms with Gasteiger partial charge in [-0.05, 0) is 25.0 Å². The summed E-state index contributed by atoms with van der Waals surface area (Å²) < 4.78 is 27.4. The minimum absolute atomic E-state index is 0.0176. The van der Waals surface area contributed by atoms with Crippen LogP contribution in [-0.2, 0) is 9.84 Å². The molecule has 1 aromatic rings. The van der Waals surface area contributed by atoms with Gasteiger partial charge in [0.1, 0.15) is 21.4 Å². The molecule has 0 aromatic heterocycles. The third-order valence-electron chi connectivity index (χ3n) is 2.42. The average molecular weight is 270 g/mol. The van der Waals surface area contributed by atoms with E-state index in [2.05, 4.69) is 0 Å². The van der Waals surface area contributed by atoms with Crippen molar-refractivity contribution in [3.05, 3.63) is 29.3 Å². The summed E-state index contributed by atoms with van der Waals surface area (Å²) in [5.74, 6) is 0.727. The second-order valence-corrected chi connectivity index (χ2v) is 6.49. The highest BCUT2D eigenvalue weighted by Gasteiger charge is 2.05. The van der Waals surface area contributed by atoms with Gasteiger partial charge in [0.05, 0.1) is 12.4 Å². The quantitative estimate of drug-likeness (QED) is 0.460. The Labute approximate surface area is 107 Å². The third-order valence-corrected chi connectivity index (χ3v) is 3.45. The zero-order valence-corrected chi connectivity index (χ0v) is 11.4. The number of benzene rings is 1. The lowest BCUT2D eigenvalue weighted by atomic mass is 10.1. The maximum atomic E-state index is 11.0. The van der Waals surface area contributed by atoms with Gasteiger partial charge in [-0.3, -0.25) is 5.41 Å². The Morgan fingerprint density at radius 1 is 1.44 bits per heavy atom. The van der Waals surface area contributed by atoms with Crippen LogP contribution in [0.15, 0.2) is 18.2 Å². The van der Waals surface area contributed by atoms with Gasteiger partial charge < -0.3 is 10.5 Å². The van der Waals surface area contributed by atoms with Crippen molar-refractivity contribution in [2.75, 3.05) is 18.6 Å². The number of hydrogen-bond donors (Lipinski definition) is 2. The summed E-state index contributed by atoms with van der Waals surface area (Å²) in [5, 5.41) is 7.34. The van der Waals surface area contributed by atoms with Gasteiger partial charge in [0, 0.05) is 11.8 Å². The Morgan fingerprint density at radius 2 is 2.11 bits per heavy atom. The fourth-order valence-electron chi connectivity index (χ4n) is 1.43. The topological polar surface area (TPSA) is 93.2 Å². The maximum Gasteiger partial charge on any atom is 0.147 e. The van der Waals surface area contributed by atoms with Crippen molar-refractivity contribution in [2.24, 2.45) is 5.73 Å². The SMILES string of the molecule is Cc1ccc(C(=N)N)cc1OCCCS(C)(=O)=O. The van der Waals surface area contributed by atoms with Crippen molar-refractivity contribution in [3.8, 4) is 5.75 Å². The molecule has 1 aromatic carbocycles. The molecular formula is C12H18N2O3S. The van der Waals surface area contributed by atoms with Gasteiger partial charge in [0.15, 0.2) is 0 Å². The van der Waals surface area contributed by atoms with Gasteiger partial charge in [-0.1, -0.05) is 12.1 Å². The van der Waals surface area contributed by atoms with Crippen LogP contribution in [0.3, 0.4) is 0 Å². The molecule has 0 heterocycles. The molecule has 0 aliphatic rings. The van der Waals surface area contributed by atoms with Crippen LogP contribution in [0.1, 0.15) is 17.5 Å². The summed E-state index contributed by atoms with van der Waals surface area (Å²) >= 11 is 0. The van der Waals surface area contributed by atoms with Crippen molar-refractivity contribution >= 4 is 15.7 Å². The van der Waals surface area contributed by atoms with Gasteiger partial charge in [-0.2, -0.15) is 0 Å². The van der Waals surface area contributed by atoms with Crippen LogP contribution < -0.4 is 10.5 Å². The first-order chi connectivity index (χ1) is 8.29. The molecule has 0 aliphatic heterocycles. The van der Waals surface area contributed by atoms with E-state index < -0.39 is 9.84 Å². The minimum Gasteiger partial charge on any atom is -0.493 e. The van der Waals surface area contributed by atoms with E-state index >= 15 is 0 Å². The largest absolute Gasteiger partial charge is 0.493 e. The number of nitrogens with two attached hydrogens (primary N) is 1. The van der Waals surface area contributed by atoms with Crippen LogP contribution in [0.2, 0.25) is 0 Å². The molecule has 0 atom stereocenters. The number of nitrogen functional groups attached to an aromatic ring is 1. The molecule has 1 rings (SSSR count). The van der Waals surface area contributed by atoms with Crippen LogP contribution in [0, 0.1) is 12.3 Å². The second kappa shape index (κ2) is 5.86. The van der Waals surface area contributed by atoms with Crippen molar-refractivity contribution in [2.45, 2.75) is 13.3 Å². The fraction of sp³-hybridized carbons (Fsp3) is 0.417. The van der Waals surface area contributed by atoms with Gasteiger partial charge in [-0.15, -0.1) is 0 Å². The lowest BCUT2D eigenvalue weighted by molar-refractivity contribution is 0.315. The van der Waals surface area contributed by atoms with Gasteiger partial charge in [0.2, 0.25) is 0 Å². The Bertz CT molecular complexity index is 538. The number of nitrogens with one attached hydrogen (secondary N) is 1. The number of aryl methyl sites for hydroxylation is 1. The molecular weight excluding hydrogens is 252 g/mol. The molecule has 6 heteroatoms. The average Bonchev–Trinajstić information content (AvgIpc) is 2.24. The first-order valence-corrected chi connectivity index (χ1v) is 7.61. The minimum atomic E-state index is -2.94. The Kier molecular flexibility index (Phi) is 4.72. The smallest absolute Gasteiger partial charge is 0.147 e. The van der Waals surface area contributed by atoms with E-state index in [1.54, 1.807) is 12.1 Å². The van der Waals surface area contributed by atoms with Crippen LogP contribution >= 0.6 is 0 Å². The number of rotatable bonds is 6. The second-order valence-electron chi connectivity index (χ2n) is 4.23. The summed E-state index contributed by atoms with van der Waals surface area (Å²) in [4.78, 5) is 0. The van der Waals surface area contributed by atoms with Crippen molar-refractivity contribution in [3.63, 3.8) is 0 Å². The molecule has 3 N–H and O–H groups in total. The summed E-state index contributed by atoms with van der Waals surface area (Å²) in [6.07, 6.45) is 1.65. The Balaban J connectivity index is 2.61. The van der Waals surface area contributed by atoms with Crippen molar-refractivity contribution in [1.29, 1.82) is 5.41 Å². The standard InChI is InChI=1S/C12H18N2O3S/c1-9-4-5-10(12(13)14)8-11(9)17-6-3-7-18(2,15)16/h4-5,8H,3,6-7H2,1-2H3,(H3,13,14). The van der Waals surface area contributed by atoms with Crippen molar-refractivity contribution < 1.29 is 13.2 Å². The van der Waals surface area contributed by atoms with Crippen LogP contribution in [-0.4, -0.2) is 32.9 Å². The number of ether oxygens (including phenoxy) is 1. The summed E-state index contributed by atoms with van der Waals surface area (Å²) in [6.45, 7) is 2.21. The van der Waals surface area contributed by atoms with Gasteiger partial charge in [0.25, 0.3) is 0 Å². The van der Waals surface area contributed by atoms with Crippen LogP contribution in [0.5, 0.6) is 5.75 Å². The number of hydrogen-bond acceptors (Lipinski definition) is 4. The number of sulfone groups is 1. The molecule has 0 saturated carbocycles. The normalized spacial score (nSPS) is 11.2. The molecule has 0 bridgehead atoms. The molecule has 0 aliphatic carbocycles. The zero-order valence-electron chi connectivity index (χ0n) is 10.6. The molecule has 5 nitrogen and oxygen atoms in total. The number of amidine groups is 1. The van der Waals surface area contributed by atoms with Crippen LogP contribution in [0.4, 0.5) is 0 Å². The van der Waals surface area contributed by atoms with E-state index in [9.17, 15) is 8.42 Å². The van der Waals surface area contributed by atoms with E-state index in [1.165, 1.54) is 6.26 Å². The van der Waals surface area contributed by atoms with Gasteiger partial charge in [-0.25, -0.2) is 8.42 Å². The van der Waals surface area contributed by atoms with E-state index in [0.717, 1.165) is 5.56 Å². The highest BCUT2D eigenvalue weighted by Crippen LogP contribution is 2.19. The summed E-state index contributed by atoms with van der Waals surface area (Å²) in [5.41, 5.74) is 6.92.